The van der Waals surface area contributed by atoms with Crippen LogP contribution >= 0.6 is 0 Å². The largest absolute Gasteiger partial charge is 0.481 e. The molecule has 1 unspecified atom stereocenters. The summed E-state index contributed by atoms with van der Waals surface area (Å²) in [5.74, 6) is 1.71. The molecule has 2 aliphatic heterocycles. The number of rotatable bonds is 5. The number of carbonyl (C=O) groups is 1. The van der Waals surface area contributed by atoms with Gasteiger partial charge in [-0.3, -0.25) is 4.79 Å². The SMILES string of the molecule is COc1cc(N2CC3(CCC(CNC(=O)c4ccno4)CO3)C2)ncn1. The van der Waals surface area contributed by atoms with Crippen LogP contribution in [0.4, 0.5) is 5.82 Å². The fourth-order valence-corrected chi connectivity index (χ4v) is 3.41. The van der Waals surface area contributed by atoms with Gasteiger partial charge in [0.05, 0.1) is 33.0 Å². The van der Waals surface area contributed by atoms with E-state index in [0.29, 0.717) is 24.9 Å². The Hall–Kier alpha value is -2.68. The molecule has 0 saturated carbocycles. The smallest absolute Gasteiger partial charge is 0.289 e. The maximum atomic E-state index is 11.9. The predicted molar refractivity (Wildman–Crippen MR) is 91.0 cm³/mol. The number of hydrogen-bond donors (Lipinski definition) is 1. The number of ether oxygens (including phenoxy) is 2. The molecule has 2 aliphatic rings. The molecule has 9 heteroatoms. The lowest BCUT2D eigenvalue weighted by Gasteiger charge is -2.53. The Kier molecular flexibility index (Phi) is 4.46. The molecule has 0 bridgehead atoms. The average molecular weight is 359 g/mol. The van der Waals surface area contributed by atoms with Gasteiger partial charge in [-0.15, -0.1) is 0 Å². The Morgan fingerprint density at radius 1 is 1.46 bits per heavy atom. The van der Waals surface area contributed by atoms with Crippen LogP contribution in [0.2, 0.25) is 0 Å². The van der Waals surface area contributed by atoms with E-state index in [2.05, 4.69) is 25.3 Å². The van der Waals surface area contributed by atoms with Gasteiger partial charge in [0, 0.05) is 18.7 Å². The molecule has 9 nitrogen and oxygen atoms in total. The van der Waals surface area contributed by atoms with Crippen molar-refractivity contribution in [3.63, 3.8) is 0 Å². The summed E-state index contributed by atoms with van der Waals surface area (Å²) in [4.78, 5) is 22.4. The van der Waals surface area contributed by atoms with E-state index < -0.39 is 0 Å². The van der Waals surface area contributed by atoms with Crippen molar-refractivity contribution in [1.82, 2.24) is 20.4 Å². The summed E-state index contributed by atoms with van der Waals surface area (Å²) in [6, 6.07) is 3.38. The van der Waals surface area contributed by atoms with Gasteiger partial charge in [-0.2, -0.15) is 0 Å². The number of nitrogens with one attached hydrogen (secondary N) is 1. The molecule has 1 amide bonds. The molecule has 26 heavy (non-hydrogen) atoms. The van der Waals surface area contributed by atoms with E-state index >= 15 is 0 Å². The number of methoxy groups -OCH3 is 1. The summed E-state index contributed by atoms with van der Waals surface area (Å²) in [7, 11) is 1.59. The number of anilines is 1. The van der Waals surface area contributed by atoms with Gasteiger partial charge in [0.15, 0.2) is 0 Å². The van der Waals surface area contributed by atoms with Crippen molar-refractivity contribution in [1.29, 1.82) is 0 Å². The third-order valence-corrected chi connectivity index (χ3v) is 4.97. The van der Waals surface area contributed by atoms with Crippen molar-refractivity contribution < 1.29 is 18.8 Å². The molecule has 1 spiro atoms. The molecular weight excluding hydrogens is 338 g/mol. The van der Waals surface area contributed by atoms with Gasteiger partial charge in [-0.05, 0) is 18.8 Å². The van der Waals surface area contributed by atoms with Gasteiger partial charge in [0.1, 0.15) is 17.7 Å². The van der Waals surface area contributed by atoms with Crippen LogP contribution in [0, 0.1) is 5.92 Å². The summed E-state index contributed by atoms with van der Waals surface area (Å²) in [5, 5.41) is 6.41. The van der Waals surface area contributed by atoms with E-state index in [-0.39, 0.29) is 17.3 Å². The Morgan fingerprint density at radius 2 is 2.35 bits per heavy atom. The molecule has 138 valence electrons. The minimum absolute atomic E-state index is 0.108. The summed E-state index contributed by atoms with van der Waals surface area (Å²) >= 11 is 0. The van der Waals surface area contributed by atoms with Crippen molar-refractivity contribution in [2.24, 2.45) is 5.92 Å². The van der Waals surface area contributed by atoms with Crippen LogP contribution in [-0.2, 0) is 4.74 Å². The Balaban J connectivity index is 1.24. The first-order valence-electron chi connectivity index (χ1n) is 8.61. The van der Waals surface area contributed by atoms with Crippen molar-refractivity contribution in [2.45, 2.75) is 18.4 Å². The quantitative estimate of drug-likeness (QED) is 0.840. The van der Waals surface area contributed by atoms with Crippen LogP contribution in [0.5, 0.6) is 5.88 Å². The normalized spacial score (nSPS) is 21.3. The first-order chi connectivity index (χ1) is 12.7. The van der Waals surface area contributed by atoms with Gasteiger partial charge < -0.3 is 24.2 Å². The minimum atomic E-state index is -0.240. The average Bonchev–Trinajstić information content (AvgIpc) is 3.19. The van der Waals surface area contributed by atoms with E-state index in [4.69, 9.17) is 14.0 Å². The number of nitrogens with zero attached hydrogens (tertiary/aromatic N) is 4. The number of hydrogen-bond acceptors (Lipinski definition) is 8. The molecule has 4 rings (SSSR count). The van der Waals surface area contributed by atoms with Crippen LogP contribution in [0.15, 0.2) is 29.2 Å². The topological polar surface area (TPSA) is 103 Å². The van der Waals surface area contributed by atoms with Crippen LogP contribution in [0.25, 0.3) is 0 Å². The lowest BCUT2D eigenvalue weighted by atomic mass is 9.83. The second kappa shape index (κ2) is 6.91. The number of amides is 1. The molecule has 0 aliphatic carbocycles. The summed E-state index contributed by atoms with van der Waals surface area (Å²) < 4.78 is 16.1. The standard InChI is InChI=1S/C17H21N5O4/c1-24-15-6-14(19-11-20-15)22-9-17(10-22)4-2-12(8-25-17)7-18-16(23)13-3-5-21-26-13/h3,5-6,11-12H,2,4,7-10H2,1H3,(H,18,23). The molecule has 2 saturated heterocycles. The highest BCUT2D eigenvalue weighted by Crippen LogP contribution is 2.38. The second-order valence-electron chi connectivity index (χ2n) is 6.76. The van der Waals surface area contributed by atoms with Crippen LogP contribution < -0.4 is 15.0 Å². The molecule has 1 N–H and O–H groups in total. The Bertz CT molecular complexity index is 750. The lowest BCUT2D eigenvalue weighted by molar-refractivity contribution is -0.115. The van der Waals surface area contributed by atoms with Crippen molar-refractivity contribution >= 4 is 11.7 Å². The fourth-order valence-electron chi connectivity index (χ4n) is 3.41. The second-order valence-corrected chi connectivity index (χ2v) is 6.76. The van der Waals surface area contributed by atoms with Crippen molar-refractivity contribution in [3.05, 3.63) is 30.4 Å². The van der Waals surface area contributed by atoms with Gasteiger partial charge in [-0.25, -0.2) is 9.97 Å². The summed E-state index contributed by atoms with van der Waals surface area (Å²) in [6.07, 6.45) is 4.94. The summed E-state index contributed by atoms with van der Waals surface area (Å²) in [5.41, 5.74) is -0.108. The molecule has 2 aromatic heterocycles. The zero-order chi connectivity index (χ0) is 18.0. The van der Waals surface area contributed by atoms with Crippen molar-refractivity contribution in [2.75, 3.05) is 38.3 Å². The lowest BCUT2D eigenvalue weighted by Crippen LogP contribution is -2.65. The molecule has 2 fully saturated rings. The highest BCUT2D eigenvalue weighted by molar-refractivity contribution is 5.91. The molecule has 1 atom stereocenters. The van der Waals surface area contributed by atoms with E-state index in [0.717, 1.165) is 31.7 Å². The maximum Gasteiger partial charge on any atom is 0.289 e. The highest BCUT2D eigenvalue weighted by atomic mass is 16.5. The van der Waals surface area contributed by atoms with Gasteiger partial charge >= 0.3 is 0 Å². The van der Waals surface area contributed by atoms with Gasteiger partial charge in [0.25, 0.3) is 5.91 Å². The molecule has 0 aromatic carbocycles. The number of carbonyl (C=O) groups excluding carboxylic acids is 1. The van der Waals surface area contributed by atoms with E-state index in [1.807, 2.05) is 6.07 Å². The van der Waals surface area contributed by atoms with Gasteiger partial charge in [0.2, 0.25) is 11.6 Å². The van der Waals surface area contributed by atoms with Crippen LogP contribution in [-0.4, -0.2) is 60.0 Å². The fraction of sp³-hybridized carbons (Fsp3) is 0.529. The summed E-state index contributed by atoms with van der Waals surface area (Å²) in [6.45, 7) is 2.83. The van der Waals surface area contributed by atoms with E-state index in [9.17, 15) is 4.79 Å². The van der Waals surface area contributed by atoms with Crippen LogP contribution in [0.3, 0.4) is 0 Å². The van der Waals surface area contributed by atoms with E-state index in [1.54, 1.807) is 13.2 Å². The van der Waals surface area contributed by atoms with Crippen LogP contribution in [0.1, 0.15) is 23.4 Å². The Labute approximate surface area is 150 Å². The third-order valence-electron chi connectivity index (χ3n) is 4.97. The number of aromatic nitrogens is 3. The first-order valence-corrected chi connectivity index (χ1v) is 8.61. The highest BCUT2D eigenvalue weighted by Gasteiger charge is 2.47. The zero-order valence-electron chi connectivity index (χ0n) is 14.6. The molecule has 2 aromatic rings. The van der Waals surface area contributed by atoms with Gasteiger partial charge in [-0.1, -0.05) is 5.16 Å². The predicted octanol–water partition coefficient (Wildman–Crippen LogP) is 0.889. The molecule has 4 heterocycles. The molecular formula is C17H21N5O4. The molecule has 0 radical (unpaired) electrons. The maximum absolute atomic E-state index is 11.9. The zero-order valence-corrected chi connectivity index (χ0v) is 14.6. The van der Waals surface area contributed by atoms with Crippen molar-refractivity contribution in [3.8, 4) is 5.88 Å². The minimum Gasteiger partial charge on any atom is -0.481 e. The first kappa shape index (κ1) is 16.8. The third kappa shape index (κ3) is 3.34. The monoisotopic (exact) mass is 359 g/mol. The Morgan fingerprint density at radius 3 is 3.04 bits per heavy atom. The van der Waals surface area contributed by atoms with E-state index in [1.165, 1.54) is 12.5 Å².